The molecule has 0 radical (unpaired) electrons. The second kappa shape index (κ2) is 5.29. The van der Waals surface area contributed by atoms with Crippen LogP contribution >= 0.6 is 0 Å². The standard InChI is InChI=1S/C11H13FN2O3/c1-2-9(10(14)15)17-11(16)7-5-6(12)3-4-8(7)13/h3-5,9H,2,13H2,1H3,(H2,14,15). The Labute approximate surface area is 97.5 Å². The number of amides is 1. The molecule has 0 aliphatic heterocycles. The predicted octanol–water partition coefficient (Wildman–Crippen LogP) is 0.829. The van der Waals surface area contributed by atoms with Crippen LogP contribution in [0.1, 0.15) is 23.7 Å². The number of nitrogen functional groups attached to an aromatic ring is 1. The van der Waals surface area contributed by atoms with Crippen LogP contribution in [-0.2, 0) is 9.53 Å². The van der Waals surface area contributed by atoms with Crippen molar-refractivity contribution in [1.29, 1.82) is 0 Å². The van der Waals surface area contributed by atoms with Gasteiger partial charge in [0.1, 0.15) is 5.82 Å². The van der Waals surface area contributed by atoms with Gasteiger partial charge >= 0.3 is 5.97 Å². The van der Waals surface area contributed by atoms with Crippen LogP contribution in [0.3, 0.4) is 0 Å². The van der Waals surface area contributed by atoms with Gasteiger partial charge in [-0.3, -0.25) is 4.79 Å². The van der Waals surface area contributed by atoms with Crippen LogP contribution in [0.25, 0.3) is 0 Å². The molecule has 0 heterocycles. The molecule has 6 heteroatoms. The van der Waals surface area contributed by atoms with E-state index in [0.29, 0.717) is 0 Å². The summed E-state index contributed by atoms with van der Waals surface area (Å²) in [6.45, 7) is 1.64. The van der Waals surface area contributed by atoms with Crippen molar-refractivity contribution < 1.29 is 18.7 Å². The van der Waals surface area contributed by atoms with Gasteiger partial charge in [0, 0.05) is 5.69 Å². The predicted molar refractivity (Wildman–Crippen MR) is 59.5 cm³/mol. The molecule has 1 rings (SSSR count). The van der Waals surface area contributed by atoms with E-state index in [9.17, 15) is 14.0 Å². The Morgan fingerprint density at radius 1 is 1.47 bits per heavy atom. The van der Waals surface area contributed by atoms with E-state index in [0.717, 1.165) is 12.1 Å². The van der Waals surface area contributed by atoms with Crippen molar-refractivity contribution in [2.24, 2.45) is 5.73 Å². The molecule has 1 aromatic carbocycles. The maximum atomic E-state index is 12.9. The van der Waals surface area contributed by atoms with E-state index in [1.54, 1.807) is 6.92 Å². The van der Waals surface area contributed by atoms with Crippen LogP contribution in [0, 0.1) is 5.82 Å². The summed E-state index contributed by atoms with van der Waals surface area (Å²) in [5, 5.41) is 0. The number of carbonyl (C=O) groups is 2. The van der Waals surface area contributed by atoms with Crippen LogP contribution in [0.2, 0.25) is 0 Å². The molecule has 4 N–H and O–H groups in total. The summed E-state index contributed by atoms with van der Waals surface area (Å²) >= 11 is 0. The molecule has 1 aromatic rings. The lowest BCUT2D eigenvalue weighted by Crippen LogP contribution is -2.32. The average Bonchev–Trinajstić information content (AvgIpc) is 2.28. The summed E-state index contributed by atoms with van der Waals surface area (Å²) in [5.41, 5.74) is 10.5. The van der Waals surface area contributed by atoms with Crippen LogP contribution < -0.4 is 11.5 Å². The summed E-state index contributed by atoms with van der Waals surface area (Å²) in [6.07, 6.45) is -0.791. The third-order valence-electron chi connectivity index (χ3n) is 2.17. The quantitative estimate of drug-likeness (QED) is 0.601. The summed E-state index contributed by atoms with van der Waals surface area (Å²) in [6, 6.07) is 3.32. The number of anilines is 1. The van der Waals surface area contributed by atoms with E-state index >= 15 is 0 Å². The summed E-state index contributed by atoms with van der Waals surface area (Å²) in [5.74, 6) is -2.23. The lowest BCUT2D eigenvalue weighted by molar-refractivity contribution is -0.126. The Kier molecular flexibility index (Phi) is 4.03. The number of rotatable bonds is 4. The zero-order valence-corrected chi connectivity index (χ0v) is 9.27. The van der Waals surface area contributed by atoms with Crippen molar-refractivity contribution in [3.63, 3.8) is 0 Å². The second-order valence-electron chi connectivity index (χ2n) is 3.44. The summed E-state index contributed by atoms with van der Waals surface area (Å²) < 4.78 is 17.8. The normalized spacial score (nSPS) is 11.9. The van der Waals surface area contributed by atoms with Crippen molar-refractivity contribution in [3.8, 4) is 0 Å². The highest BCUT2D eigenvalue weighted by molar-refractivity contribution is 5.96. The van der Waals surface area contributed by atoms with Crippen molar-refractivity contribution in [2.45, 2.75) is 19.4 Å². The molecular weight excluding hydrogens is 227 g/mol. The molecule has 0 saturated heterocycles. The van der Waals surface area contributed by atoms with E-state index in [-0.39, 0.29) is 17.7 Å². The molecule has 1 atom stereocenters. The molecule has 92 valence electrons. The number of esters is 1. The monoisotopic (exact) mass is 240 g/mol. The Bertz CT molecular complexity index is 448. The second-order valence-corrected chi connectivity index (χ2v) is 3.44. The van der Waals surface area contributed by atoms with Gasteiger partial charge in [0.05, 0.1) is 5.56 Å². The fourth-order valence-electron chi connectivity index (χ4n) is 1.24. The highest BCUT2D eigenvalue weighted by Crippen LogP contribution is 2.15. The number of hydrogen-bond acceptors (Lipinski definition) is 4. The maximum absolute atomic E-state index is 12.9. The van der Waals surface area contributed by atoms with Crippen LogP contribution in [0.15, 0.2) is 18.2 Å². The van der Waals surface area contributed by atoms with E-state index in [1.165, 1.54) is 6.07 Å². The van der Waals surface area contributed by atoms with Gasteiger partial charge in [-0.15, -0.1) is 0 Å². The topological polar surface area (TPSA) is 95.4 Å². The Balaban J connectivity index is 2.89. The molecule has 0 aliphatic rings. The summed E-state index contributed by atoms with van der Waals surface area (Å²) in [7, 11) is 0. The number of halogens is 1. The molecule has 1 amide bonds. The first kappa shape index (κ1) is 13.0. The molecule has 17 heavy (non-hydrogen) atoms. The highest BCUT2D eigenvalue weighted by atomic mass is 19.1. The Morgan fingerprint density at radius 3 is 2.65 bits per heavy atom. The minimum Gasteiger partial charge on any atom is -0.449 e. The number of primary amides is 1. The minimum absolute atomic E-state index is 0.0794. The van der Waals surface area contributed by atoms with Gasteiger partial charge < -0.3 is 16.2 Å². The van der Waals surface area contributed by atoms with Crippen molar-refractivity contribution >= 4 is 17.6 Å². The average molecular weight is 240 g/mol. The van der Waals surface area contributed by atoms with Crippen LogP contribution in [0.4, 0.5) is 10.1 Å². The fraction of sp³-hybridized carbons (Fsp3) is 0.273. The molecule has 1 unspecified atom stereocenters. The van der Waals surface area contributed by atoms with E-state index in [2.05, 4.69) is 0 Å². The highest BCUT2D eigenvalue weighted by Gasteiger charge is 2.21. The van der Waals surface area contributed by atoms with Crippen molar-refractivity contribution in [1.82, 2.24) is 0 Å². The lowest BCUT2D eigenvalue weighted by Gasteiger charge is -2.13. The zero-order chi connectivity index (χ0) is 13.0. The van der Waals surface area contributed by atoms with Crippen molar-refractivity contribution in [3.05, 3.63) is 29.6 Å². The van der Waals surface area contributed by atoms with Crippen molar-refractivity contribution in [2.75, 3.05) is 5.73 Å². The fourth-order valence-corrected chi connectivity index (χ4v) is 1.24. The molecule has 5 nitrogen and oxygen atoms in total. The van der Waals surface area contributed by atoms with Gasteiger partial charge in [-0.2, -0.15) is 0 Å². The molecule has 0 aromatic heterocycles. The molecule has 0 aliphatic carbocycles. The third kappa shape index (κ3) is 3.17. The molecule has 0 spiro atoms. The largest absolute Gasteiger partial charge is 0.449 e. The van der Waals surface area contributed by atoms with Gasteiger partial charge in [0.15, 0.2) is 6.10 Å². The minimum atomic E-state index is -1.04. The van der Waals surface area contributed by atoms with E-state index < -0.39 is 23.8 Å². The molecule has 0 bridgehead atoms. The number of benzene rings is 1. The summed E-state index contributed by atoms with van der Waals surface area (Å²) in [4.78, 5) is 22.5. The first-order valence-electron chi connectivity index (χ1n) is 5.01. The van der Waals surface area contributed by atoms with E-state index in [4.69, 9.17) is 16.2 Å². The number of ether oxygens (including phenoxy) is 1. The lowest BCUT2D eigenvalue weighted by atomic mass is 10.1. The van der Waals surface area contributed by atoms with Gasteiger partial charge in [0.2, 0.25) is 0 Å². The SMILES string of the molecule is CCC(OC(=O)c1cc(F)ccc1N)C(N)=O. The number of carbonyl (C=O) groups excluding carboxylic acids is 2. The molecule has 0 fully saturated rings. The van der Waals surface area contributed by atoms with Gasteiger partial charge in [-0.25, -0.2) is 9.18 Å². The van der Waals surface area contributed by atoms with E-state index in [1.807, 2.05) is 0 Å². The maximum Gasteiger partial charge on any atom is 0.341 e. The van der Waals surface area contributed by atoms with Crippen LogP contribution in [-0.4, -0.2) is 18.0 Å². The van der Waals surface area contributed by atoms with Gasteiger partial charge in [-0.05, 0) is 24.6 Å². The van der Waals surface area contributed by atoms with Crippen LogP contribution in [0.5, 0.6) is 0 Å². The first-order valence-corrected chi connectivity index (χ1v) is 5.01. The van der Waals surface area contributed by atoms with Gasteiger partial charge in [-0.1, -0.05) is 6.92 Å². The number of nitrogens with two attached hydrogens (primary N) is 2. The molecule has 0 saturated carbocycles. The first-order chi connectivity index (χ1) is 7.95. The Morgan fingerprint density at radius 2 is 2.12 bits per heavy atom. The van der Waals surface area contributed by atoms with Gasteiger partial charge in [0.25, 0.3) is 5.91 Å². The smallest absolute Gasteiger partial charge is 0.341 e. The Hall–Kier alpha value is -2.11. The molecular formula is C11H13FN2O3. The zero-order valence-electron chi connectivity index (χ0n) is 9.27. The third-order valence-corrected chi connectivity index (χ3v) is 2.17. The number of hydrogen-bond donors (Lipinski definition) is 2.